The molecule has 0 amide bonds. The Morgan fingerprint density at radius 3 is 2.40 bits per heavy atom. The molecule has 4 heterocycles. The molecule has 3 aliphatic heterocycles. The maximum atomic E-state index is 6.06. The lowest BCUT2D eigenvalue weighted by Gasteiger charge is -2.44. The summed E-state index contributed by atoms with van der Waals surface area (Å²) in [5, 5.41) is 8.35. The van der Waals surface area contributed by atoms with Crippen LogP contribution in [0.1, 0.15) is 24.1 Å². The maximum absolute atomic E-state index is 6.06. The van der Waals surface area contributed by atoms with Gasteiger partial charge in [0.05, 0.1) is 7.11 Å². The van der Waals surface area contributed by atoms with E-state index in [0.29, 0.717) is 17.5 Å². The number of rotatable bonds is 3. The van der Waals surface area contributed by atoms with E-state index in [4.69, 9.17) is 9.47 Å². The van der Waals surface area contributed by atoms with E-state index in [1.165, 1.54) is 25.9 Å². The van der Waals surface area contributed by atoms with Gasteiger partial charge < -0.3 is 9.47 Å². The highest BCUT2D eigenvalue weighted by molar-refractivity contribution is 5.42. The molecular weight excluding hydrogens is 314 g/mol. The van der Waals surface area contributed by atoms with Crippen LogP contribution < -0.4 is 9.47 Å². The zero-order valence-electron chi connectivity index (χ0n) is 14.3. The van der Waals surface area contributed by atoms with Crippen LogP contribution in [0.4, 0.5) is 0 Å². The zero-order valence-corrected chi connectivity index (χ0v) is 14.3. The molecule has 0 radical (unpaired) electrons. The molecule has 2 aromatic rings. The Bertz CT molecular complexity index is 769. The van der Waals surface area contributed by atoms with Gasteiger partial charge in [0.25, 0.3) is 0 Å². The van der Waals surface area contributed by atoms with Gasteiger partial charge in [-0.15, -0.1) is 10.2 Å². The largest absolute Gasteiger partial charge is 0.497 e. The fourth-order valence-electron chi connectivity index (χ4n) is 3.46. The number of hydrogen-bond donors (Lipinski definition) is 0. The molecule has 2 bridgehead atoms. The van der Waals surface area contributed by atoms with Gasteiger partial charge in [0, 0.05) is 18.2 Å². The molecule has 1 aromatic carbocycles. The van der Waals surface area contributed by atoms with Crippen LogP contribution in [0.15, 0.2) is 36.4 Å². The average Bonchev–Trinajstić information content (AvgIpc) is 2.69. The average molecular weight is 335 g/mol. The van der Waals surface area contributed by atoms with Crippen LogP contribution in [0.3, 0.4) is 0 Å². The molecule has 0 unspecified atom stereocenters. The van der Waals surface area contributed by atoms with Gasteiger partial charge in [0.15, 0.2) is 0 Å². The van der Waals surface area contributed by atoms with Crippen molar-refractivity contribution in [1.29, 1.82) is 0 Å². The lowest BCUT2D eigenvalue weighted by atomic mass is 9.86. The van der Waals surface area contributed by atoms with Gasteiger partial charge in [0.1, 0.15) is 17.5 Å². The minimum atomic E-state index is 0.244. The Kier molecular flexibility index (Phi) is 4.53. The normalized spacial score (nSPS) is 24.3. The van der Waals surface area contributed by atoms with E-state index < -0.39 is 0 Å². The van der Waals surface area contributed by atoms with E-state index in [1.807, 2.05) is 36.4 Å². The third-order valence-electron chi connectivity index (χ3n) is 4.93. The van der Waals surface area contributed by atoms with Crippen molar-refractivity contribution in [2.75, 3.05) is 26.7 Å². The molecule has 1 aromatic heterocycles. The summed E-state index contributed by atoms with van der Waals surface area (Å²) in [5.41, 5.74) is 1.55. The van der Waals surface area contributed by atoms with Crippen LogP contribution in [0.25, 0.3) is 0 Å². The van der Waals surface area contributed by atoms with E-state index in [9.17, 15) is 0 Å². The van der Waals surface area contributed by atoms with Crippen molar-refractivity contribution in [3.8, 4) is 23.5 Å². The third-order valence-corrected chi connectivity index (χ3v) is 4.93. The van der Waals surface area contributed by atoms with Crippen LogP contribution in [0, 0.1) is 17.8 Å². The topological polar surface area (TPSA) is 47.5 Å². The van der Waals surface area contributed by atoms with Crippen molar-refractivity contribution < 1.29 is 9.47 Å². The van der Waals surface area contributed by atoms with Gasteiger partial charge in [-0.05, 0) is 68.1 Å². The lowest BCUT2D eigenvalue weighted by molar-refractivity contribution is -0.0104. The van der Waals surface area contributed by atoms with Crippen molar-refractivity contribution in [2.24, 2.45) is 5.92 Å². The van der Waals surface area contributed by atoms with Crippen molar-refractivity contribution >= 4 is 0 Å². The molecule has 5 rings (SSSR count). The number of fused-ring (bicyclic) bond motifs is 3. The van der Waals surface area contributed by atoms with Gasteiger partial charge in [-0.3, -0.25) is 4.90 Å². The van der Waals surface area contributed by atoms with Gasteiger partial charge in [-0.2, -0.15) is 0 Å². The summed E-state index contributed by atoms with van der Waals surface area (Å²) < 4.78 is 11.2. The molecular formula is C20H21N3O2. The van der Waals surface area contributed by atoms with Gasteiger partial charge >= 0.3 is 0 Å². The first-order valence-electron chi connectivity index (χ1n) is 8.69. The molecule has 0 spiro atoms. The molecule has 5 heteroatoms. The SMILES string of the molecule is COc1ccc(C#Cc2ccc(O[C@@H]3CN4CCC3CC4)nn2)cc1. The second kappa shape index (κ2) is 7.12. The summed E-state index contributed by atoms with van der Waals surface area (Å²) in [5.74, 6) is 8.17. The summed E-state index contributed by atoms with van der Waals surface area (Å²) in [6.45, 7) is 3.41. The molecule has 3 fully saturated rings. The number of methoxy groups -OCH3 is 1. The molecule has 0 aliphatic carbocycles. The van der Waals surface area contributed by atoms with Gasteiger partial charge in [-0.1, -0.05) is 5.92 Å². The monoisotopic (exact) mass is 335 g/mol. The van der Waals surface area contributed by atoms with Crippen LogP contribution in [0.5, 0.6) is 11.6 Å². The maximum Gasteiger partial charge on any atom is 0.233 e. The van der Waals surface area contributed by atoms with E-state index >= 15 is 0 Å². The summed E-state index contributed by atoms with van der Waals surface area (Å²) in [7, 11) is 1.65. The first-order valence-corrected chi connectivity index (χ1v) is 8.69. The fraction of sp³-hybridized carbons (Fsp3) is 0.400. The minimum Gasteiger partial charge on any atom is -0.497 e. The molecule has 5 nitrogen and oxygen atoms in total. The number of benzene rings is 1. The highest BCUT2D eigenvalue weighted by Gasteiger charge is 2.35. The number of ether oxygens (including phenoxy) is 2. The standard InChI is InChI=1S/C20H21N3O2/c1-24-18-7-3-15(4-8-18)2-5-17-6-9-20(22-21-17)25-19-14-23-12-10-16(19)11-13-23/h3-4,6-9,16,19H,10-14H2,1H3/t19-/m1/s1. The lowest BCUT2D eigenvalue weighted by Crippen LogP contribution is -2.52. The van der Waals surface area contributed by atoms with Crippen molar-refractivity contribution in [1.82, 2.24) is 15.1 Å². The number of aromatic nitrogens is 2. The highest BCUT2D eigenvalue weighted by atomic mass is 16.5. The van der Waals surface area contributed by atoms with Crippen molar-refractivity contribution in [2.45, 2.75) is 18.9 Å². The smallest absolute Gasteiger partial charge is 0.233 e. The second-order valence-electron chi connectivity index (χ2n) is 6.53. The van der Waals surface area contributed by atoms with E-state index in [-0.39, 0.29) is 6.10 Å². The molecule has 0 N–H and O–H groups in total. The van der Waals surface area contributed by atoms with E-state index in [0.717, 1.165) is 17.9 Å². The molecule has 3 aliphatic rings. The van der Waals surface area contributed by atoms with Crippen molar-refractivity contribution in [3.63, 3.8) is 0 Å². The Balaban J connectivity index is 1.39. The highest BCUT2D eigenvalue weighted by Crippen LogP contribution is 2.29. The first kappa shape index (κ1) is 15.9. The molecule has 3 saturated heterocycles. The predicted molar refractivity (Wildman–Crippen MR) is 94.6 cm³/mol. The Morgan fingerprint density at radius 2 is 1.80 bits per heavy atom. The van der Waals surface area contributed by atoms with Gasteiger partial charge in [0.2, 0.25) is 5.88 Å². The van der Waals surface area contributed by atoms with Crippen molar-refractivity contribution in [3.05, 3.63) is 47.7 Å². The quantitative estimate of drug-likeness (QED) is 0.806. The predicted octanol–water partition coefficient (Wildman–Crippen LogP) is 2.36. The Morgan fingerprint density at radius 1 is 1.00 bits per heavy atom. The minimum absolute atomic E-state index is 0.244. The third kappa shape index (κ3) is 3.75. The van der Waals surface area contributed by atoms with Crippen LogP contribution in [-0.2, 0) is 0 Å². The molecule has 128 valence electrons. The summed E-state index contributed by atoms with van der Waals surface area (Å²) in [6.07, 6.45) is 2.69. The first-order chi connectivity index (χ1) is 12.3. The van der Waals surface area contributed by atoms with E-state index in [2.05, 4.69) is 26.9 Å². The van der Waals surface area contributed by atoms with E-state index in [1.54, 1.807) is 7.11 Å². The number of piperidine rings is 3. The summed E-state index contributed by atoms with van der Waals surface area (Å²) >= 11 is 0. The van der Waals surface area contributed by atoms with Crippen LogP contribution in [0.2, 0.25) is 0 Å². The molecule has 25 heavy (non-hydrogen) atoms. The molecule has 0 saturated carbocycles. The number of nitrogens with zero attached hydrogens (tertiary/aromatic N) is 3. The number of hydrogen-bond acceptors (Lipinski definition) is 5. The van der Waals surface area contributed by atoms with Gasteiger partial charge in [-0.25, -0.2) is 0 Å². The summed E-state index contributed by atoms with van der Waals surface area (Å²) in [6, 6.07) is 11.3. The Hall–Kier alpha value is -2.58. The second-order valence-corrected chi connectivity index (χ2v) is 6.53. The summed E-state index contributed by atoms with van der Waals surface area (Å²) in [4.78, 5) is 2.47. The zero-order chi connectivity index (χ0) is 17.1. The Labute approximate surface area is 148 Å². The van der Waals surface area contributed by atoms with Crippen LogP contribution >= 0.6 is 0 Å². The fourth-order valence-corrected chi connectivity index (χ4v) is 3.46. The van der Waals surface area contributed by atoms with Crippen LogP contribution in [-0.4, -0.2) is 47.9 Å². The molecule has 1 atom stereocenters.